The Hall–Kier alpha value is -1.55. The number of nitrogens with zero attached hydrogens (tertiary/aromatic N) is 1. The van der Waals surface area contributed by atoms with Gasteiger partial charge in [0.1, 0.15) is 0 Å². The Balaban J connectivity index is 2.72. The lowest BCUT2D eigenvalue weighted by atomic mass is 10.2. The van der Waals surface area contributed by atoms with Crippen LogP contribution in [0.25, 0.3) is 0 Å². The summed E-state index contributed by atoms with van der Waals surface area (Å²) in [6.07, 6.45) is 0. The van der Waals surface area contributed by atoms with E-state index in [1.165, 1.54) is 0 Å². The van der Waals surface area contributed by atoms with E-state index >= 15 is 0 Å². The van der Waals surface area contributed by atoms with Gasteiger partial charge in [0.25, 0.3) is 0 Å². The summed E-state index contributed by atoms with van der Waals surface area (Å²) in [4.78, 5) is 1.70. The topological polar surface area (TPSA) is 65.1 Å². The molecule has 0 spiro atoms. The van der Waals surface area contributed by atoms with Crippen LogP contribution in [0.3, 0.4) is 0 Å². The van der Waals surface area contributed by atoms with Gasteiger partial charge in [0.05, 0.1) is 0 Å². The molecular formula is C10H16N4. The molecule has 0 heterocycles. The number of anilines is 1. The van der Waals surface area contributed by atoms with Crippen molar-refractivity contribution in [1.82, 2.24) is 4.90 Å². The van der Waals surface area contributed by atoms with Crippen molar-refractivity contribution in [1.29, 1.82) is 5.41 Å². The minimum atomic E-state index is 0.360. The van der Waals surface area contributed by atoms with Crippen molar-refractivity contribution < 1.29 is 0 Å². The molecule has 0 aromatic heterocycles. The monoisotopic (exact) mass is 192 g/mol. The van der Waals surface area contributed by atoms with Gasteiger partial charge >= 0.3 is 0 Å². The van der Waals surface area contributed by atoms with E-state index in [1.807, 2.05) is 38.4 Å². The number of guanidine groups is 1. The molecule has 4 heteroatoms. The first-order valence-electron chi connectivity index (χ1n) is 4.45. The summed E-state index contributed by atoms with van der Waals surface area (Å²) in [5, 5.41) is 10.6. The van der Waals surface area contributed by atoms with Gasteiger partial charge in [-0.2, -0.15) is 0 Å². The van der Waals surface area contributed by atoms with Crippen LogP contribution in [0.2, 0.25) is 0 Å². The van der Waals surface area contributed by atoms with Gasteiger partial charge in [-0.15, -0.1) is 0 Å². The second-order valence-electron chi connectivity index (χ2n) is 3.27. The highest BCUT2D eigenvalue weighted by atomic mass is 15.2. The fraction of sp³-hybridized carbons (Fsp3) is 0.300. The van der Waals surface area contributed by atoms with Gasteiger partial charge in [0.15, 0.2) is 5.96 Å². The van der Waals surface area contributed by atoms with Crippen LogP contribution >= 0.6 is 0 Å². The average molecular weight is 192 g/mol. The predicted octanol–water partition coefficient (Wildman–Crippen LogP) is 1.05. The van der Waals surface area contributed by atoms with Gasteiger partial charge < -0.3 is 16.0 Å². The van der Waals surface area contributed by atoms with E-state index < -0.39 is 0 Å². The maximum absolute atomic E-state index is 7.59. The maximum Gasteiger partial charge on any atom is 0.195 e. The van der Waals surface area contributed by atoms with E-state index in [9.17, 15) is 0 Å². The van der Waals surface area contributed by atoms with Crippen molar-refractivity contribution in [2.24, 2.45) is 5.73 Å². The Bertz CT molecular complexity index is 320. The molecule has 0 saturated carbocycles. The quantitative estimate of drug-likeness (QED) is 0.485. The number of rotatable bonds is 2. The molecule has 0 saturated heterocycles. The lowest BCUT2D eigenvalue weighted by molar-refractivity contribution is 0.616. The molecule has 0 amide bonds. The van der Waals surface area contributed by atoms with Gasteiger partial charge in [-0.1, -0.05) is 12.1 Å². The highest BCUT2D eigenvalue weighted by Crippen LogP contribution is 2.09. The predicted molar refractivity (Wildman–Crippen MR) is 59.4 cm³/mol. The van der Waals surface area contributed by atoms with Crippen LogP contribution in [0.15, 0.2) is 24.3 Å². The third kappa shape index (κ3) is 2.74. The molecule has 0 aliphatic rings. The van der Waals surface area contributed by atoms with Gasteiger partial charge in [0.2, 0.25) is 0 Å². The van der Waals surface area contributed by atoms with Crippen LogP contribution in [0.1, 0.15) is 5.56 Å². The van der Waals surface area contributed by atoms with E-state index in [0.717, 1.165) is 11.3 Å². The van der Waals surface area contributed by atoms with E-state index in [-0.39, 0.29) is 0 Å². The van der Waals surface area contributed by atoms with Crippen LogP contribution < -0.4 is 11.1 Å². The summed E-state index contributed by atoms with van der Waals surface area (Å²) in [5.74, 6) is 0.360. The maximum atomic E-state index is 7.59. The minimum Gasteiger partial charge on any atom is -0.349 e. The van der Waals surface area contributed by atoms with Crippen LogP contribution in [0.4, 0.5) is 5.69 Å². The van der Waals surface area contributed by atoms with Crippen LogP contribution in [-0.4, -0.2) is 25.0 Å². The van der Waals surface area contributed by atoms with Crippen LogP contribution in [0.5, 0.6) is 0 Å². The van der Waals surface area contributed by atoms with E-state index in [2.05, 4.69) is 5.32 Å². The van der Waals surface area contributed by atoms with Gasteiger partial charge in [-0.25, -0.2) is 0 Å². The smallest absolute Gasteiger partial charge is 0.195 e. The molecule has 14 heavy (non-hydrogen) atoms. The first kappa shape index (κ1) is 10.5. The van der Waals surface area contributed by atoms with Crippen molar-refractivity contribution in [3.8, 4) is 0 Å². The third-order valence-electron chi connectivity index (χ3n) is 1.87. The zero-order chi connectivity index (χ0) is 10.6. The summed E-state index contributed by atoms with van der Waals surface area (Å²) in [5.41, 5.74) is 7.47. The van der Waals surface area contributed by atoms with Crippen molar-refractivity contribution in [2.45, 2.75) is 6.54 Å². The second kappa shape index (κ2) is 4.62. The van der Waals surface area contributed by atoms with Gasteiger partial charge in [-0.3, -0.25) is 5.41 Å². The molecule has 76 valence electrons. The SMILES string of the molecule is CN(C)C(=N)Nc1cccc(CN)c1. The van der Waals surface area contributed by atoms with E-state index in [0.29, 0.717) is 12.5 Å². The van der Waals surface area contributed by atoms with Gasteiger partial charge in [-0.05, 0) is 17.7 Å². The largest absolute Gasteiger partial charge is 0.349 e. The number of nitrogens with two attached hydrogens (primary N) is 1. The van der Waals surface area contributed by atoms with Crippen LogP contribution in [-0.2, 0) is 6.54 Å². The number of benzene rings is 1. The molecule has 0 bridgehead atoms. The minimum absolute atomic E-state index is 0.360. The first-order valence-corrected chi connectivity index (χ1v) is 4.45. The summed E-state index contributed by atoms with van der Waals surface area (Å²) in [7, 11) is 3.64. The highest BCUT2D eigenvalue weighted by molar-refractivity contribution is 5.90. The zero-order valence-corrected chi connectivity index (χ0v) is 8.54. The summed E-state index contributed by atoms with van der Waals surface area (Å²) < 4.78 is 0. The van der Waals surface area contributed by atoms with E-state index in [4.69, 9.17) is 11.1 Å². The van der Waals surface area contributed by atoms with Crippen LogP contribution in [0, 0.1) is 5.41 Å². The highest BCUT2D eigenvalue weighted by Gasteiger charge is 1.99. The standard InChI is InChI=1S/C10H16N4/c1-14(2)10(12)13-9-5-3-4-8(6-9)7-11/h3-6H,7,11H2,1-2H3,(H2,12,13). The molecule has 0 radical (unpaired) electrons. The summed E-state index contributed by atoms with van der Waals surface area (Å²) in [6.45, 7) is 0.519. The zero-order valence-electron chi connectivity index (χ0n) is 8.54. The van der Waals surface area contributed by atoms with Gasteiger partial charge in [0, 0.05) is 26.3 Å². The van der Waals surface area contributed by atoms with Crippen molar-refractivity contribution >= 4 is 11.6 Å². The third-order valence-corrected chi connectivity index (χ3v) is 1.87. The van der Waals surface area contributed by atoms with E-state index in [1.54, 1.807) is 4.90 Å². The number of hydrogen-bond donors (Lipinski definition) is 3. The second-order valence-corrected chi connectivity index (χ2v) is 3.27. The molecule has 4 nitrogen and oxygen atoms in total. The fourth-order valence-electron chi connectivity index (χ4n) is 1.02. The Morgan fingerprint density at radius 1 is 1.50 bits per heavy atom. The fourth-order valence-corrected chi connectivity index (χ4v) is 1.02. The molecule has 1 aromatic carbocycles. The Labute approximate surface area is 84.2 Å². The number of hydrogen-bond acceptors (Lipinski definition) is 2. The summed E-state index contributed by atoms with van der Waals surface area (Å²) in [6, 6.07) is 7.74. The summed E-state index contributed by atoms with van der Waals surface area (Å²) >= 11 is 0. The molecule has 1 rings (SSSR count). The first-order chi connectivity index (χ1) is 6.63. The molecule has 0 aliphatic heterocycles. The normalized spacial score (nSPS) is 9.64. The van der Waals surface area contributed by atoms with Crippen molar-refractivity contribution in [3.63, 3.8) is 0 Å². The lowest BCUT2D eigenvalue weighted by Gasteiger charge is -2.15. The Morgan fingerprint density at radius 3 is 2.79 bits per heavy atom. The average Bonchev–Trinajstić information content (AvgIpc) is 2.18. The molecule has 0 aliphatic carbocycles. The molecule has 1 aromatic rings. The van der Waals surface area contributed by atoms with Crippen molar-refractivity contribution in [2.75, 3.05) is 19.4 Å². The molecule has 4 N–H and O–H groups in total. The Morgan fingerprint density at radius 2 is 2.21 bits per heavy atom. The lowest BCUT2D eigenvalue weighted by Crippen LogP contribution is -2.28. The molecular weight excluding hydrogens is 176 g/mol. The Kier molecular flexibility index (Phi) is 3.48. The molecule has 0 atom stereocenters. The van der Waals surface area contributed by atoms with Crippen molar-refractivity contribution in [3.05, 3.63) is 29.8 Å². The number of nitrogens with one attached hydrogen (secondary N) is 2. The molecule has 0 fully saturated rings. The molecule has 0 unspecified atom stereocenters.